The number of benzene rings is 1. The Kier molecular flexibility index (Phi) is 5.91. The minimum Gasteiger partial charge on any atom is -0.348 e. The molecule has 3 rings (SSSR count). The number of amides is 2. The Bertz CT molecular complexity index is 850. The van der Waals surface area contributed by atoms with Crippen LogP contribution < -0.4 is 5.32 Å². The van der Waals surface area contributed by atoms with Crippen molar-refractivity contribution < 1.29 is 14.4 Å². The van der Waals surface area contributed by atoms with Crippen molar-refractivity contribution in [3.05, 3.63) is 36.0 Å². The number of nitrogens with zero attached hydrogens (tertiary/aromatic N) is 3. The molecular formula is C20H26N4O3. The summed E-state index contributed by atoms with van der Waals surface area (Å²) in [7, 11) is 3.80. The minimum absolute atomic E-state index is 0.0442. The molecule has 0 radical (unpaired) electrons. The molecule has 1 aliphatic heterocycles. The molecule has 1 aromatic heterocycles. The third-order valence-electron chi connectivity index (χ3n) is 4.85. The van der Waals surface area contributed by atoms with Gasteiger partial charge in [-0.05, 0) is 33.0 Å². The quantitative estimate of drug-likeness (QED) is 0.586. The number of likely N-dealkylation sites (tertiary alicyclic amines) is 1. The van der Waals surface area contributed by atoms with Crippen molar-refractivity contribution in [3.8, 4) is 0 Å². The van der Waals surface area contributed by atoms with Gasteiger partial charge in [0, 0.05) is 43.3 Å². The number of rotatable bonds is 7. The van der Waals surface area contributed by atoms with Crippen LogP contribution in [0.3, 0.4) is 0 Å². The van der Waals surface area contributed by atoms with Gasteiger partial charge in [-0.25, -0.2) is 0 Å². The van der Waals surface area contributed by atoms with Crippen molar-refractivity contribution in [1.29, 1.82) is 0 Å². The normalized spacial score (nSPS) is 14.1. The maximum absolute atomic E-state index is 12.7. The van der Waals surface area contributed by atoms with Crippen LogP contribution in [0, 0.1) is 0 Å². The van der Waals surface area contributed by atoms with E-state index in [1.807, 2.05) is 48.2 Å². The molecule has 0 atom stereocenters. The predicted molar refractivity (Wildman–Crippen MR) is 104 cm³/mol. The van der Waals surface area contributed by atoms with Crippen molar-refractivity contribution in [3.63, 3.8) is 0 Å². The second-order valence-corrected chi connectivity index (χ2v) is 7.16. The first kappa shape index (κ1) is 19.1. The van der Waals surface area contributed by atoms with Gasteiger partial charge in [0.05, 0.1) is 5.56 Å². The van der Waals surface area contributed by atoms with Gasteiger partial charge in [0.2, 0.25) is 5.91 Å². The molecule has 144 valence electrons. The summed E-state index contributed by atoms with van der Waals surface area (Å²) in [5.74, 6) is -1.15. The van der Waals surface area contributed by atoms with Crippen LogP contribution in [-0.4, -0.2) is 72.2 Å². The van der Waals surface area contributed by atoms with Gasteiger partial charge >= 0.3 is 0 Å². The van der Waals surface area contributed by atoms with Crippen LogP contribution in [0.5, 0.6) is 0 Å². The lowest BCUT2D eigenvalue weighted by Gasteiger charge is -2.15. The molecule has 2 aromatic rings. The Balaban J connectivity index is 1.80. The number of aromatic nitrogens is 1. The third kappa shape index (κ3) is 4.36. The molecule has 2 amide bonds. The summed E-state index contributed by atoms with van der Waals surface area (Å²) in [6.45, 7) is 2.82. The Morgan fingerprint density at radius 2 is 1.81 bits per heavy atom. The molecule has 1 fully saturated rings. The Morgan fingerprint density at radius 3 is 2.52 bits per heavy atom. The van der Waals surface area contributed by atoms with Gasteiger partial charge in [0.25, 0.3) is 11.7 Å². The van der Waals surface area contributed by atoms with Gasteiger partial charge in [-0.3, -0.25) is 14.4 Å². The fourth-order valence-corrected chi connectivity index (χ4v) is 3.37. The summed E-state index contributed by atoms with van der Waals surface area (Å²) >= 11 is 0. The Morgan fingerprint density at radius 1 is 1.11 bits per heavy atom. The van der Waals surface area contributed by atoms with Crippen LogP contribution >= 0.6 is 0 Å². The first-order valence-electron chi connectivity index (χ1n) is 9.30. The monoisotopic (exact) mass is 370 g/mol. The molecular weight excluding hydrogens is 344 g/mol. The van der Waals surface area contributed by atoms with Crippen molar-refractivity contribution >= 4 is 28.5 Å². The first-order chi connectivity index (χ1) is 13.0. The van der Waals surface area contributed by atoms with Crippen LogP contribution in [0.15, 0.2) is 30.5 Å². The third-order valence-corrected chi connectivity index (χ3v) is 4.85. The molecule has 0 bridgehead atoms. The van der Waals surface area contributed by atoms with Crippen LogP contribution in [0.4, 0.5) is 0 Å². The van der Waals surface area contributed by atoms with E-state index >= 15 is 0 Å². The SMILES string of the molecule is CN(C)CCNC(=O)C(=O)c1cn(CC(=O)N2CCCC2)c2ccccc12. The van der Waals surface area contributed by atoms with E-state index in [0.29, 0.717) is 24.0 Å². The Labute approximate surface area is 158 Å². The highest BCUT2D eigenvalue weighted by atomic mass is 16.2. The zero-order valence-electron chi connectivity index (χ0n) is 15.9. The van der Waals surface area contributed by atoms with E-state index < -0.39 is 11.7 Å². The fraction of sp³-hybridized carbons (Fsp3) is 0.450. The lowest BCUT2D eigenvalue weighted by molar-refractivity contribution is -0.130. The standard InChI is InChI=1S/C20H26N4O3/c1-22(2)12-9-21-20(27)19(26)16-13-24(17-8-4-3-7-15(16)17)14-18(25)23-10-5-6-11-23/h3-4,7-8,13H,5-6,9-12,14H2,1-2H3,(H,21,27). The number of ketones is 1. The number of fused-ring (bicyclic) bond motifs is 1. The van der Waals surface area contributed by atoms with E-state index in [1.54, 1.807) is 10.8 Å². The summed E-state index contributed by atoms with van der Waals surface area (Å²) in [6, 6.07) is 7.38. The number of para-hydroxylation sites is 1. The molecule has 1 N–H and O–H groups in total. The van der Waals surface area contributed by atoms with Crippen molar-refractivity contribution in [1.82, 2.24) is 19.7 Å². The number of nitrogens with one attached hydrogen (secondary N) is 1. The average Bonchev–Trinajstić information content (AvgIpc) is 3.29. The zero-order valence-corrected chi connectivity index (χ0v) is 15.9. The largest absolute Gasteiger partial charge is 0.348 e. The van der Waals surface area contributed by atoms with Gasteiger partial charge in [-0.2, -0.15) is 0 Å². The summed E-state index contributed by atoms with van der Waals surface area (Å²) in [5, 5.41) is 3.35. The van der Waals surface area contributed by atoms with Crippen molar-refractivity contribution in [2.24, 2.45) is 0 Å². The maximum Gasteiger partial charge on any atom is 0.292 e. The van der Waals surface area contributed by atoms with Crippen LogP contribution in [0.1, 0.15) is 23.2 Å². The molecule has 0 aliphatic carbocycles. The topological polar surface area (TPSA) is 74.6 Å². The molecule has 7 nitrogen and oxygen atoms in total. The molecule has 0 saturated carbocycles. The zero-order chi connectivity index (χ0) is 19.4. The highest BCUT2D eigenvalue weighted by molar-refractivity contribution is 6.45. The smallest absolute Gasteiger partial charge is 0.292 e. The molecule has 0 unspecified atom stereocenters. The van der Waals surface area contributed by atoms with Gasteiger partial charge in [0.1, 0.15) is 6.54 Å². The average molecular weight is 370 g/mol. The van der Waals surface area contributed by atoms with E-state index in [4.69, 9.17) is 0 Å². The molecule has 7 heteroatoms. The van der Waals surface area contributed by atoms with Crippen LogP contribution in [-0.2, 0) is 16.1 Å². The molecule has 2 heterocycles. The Hall–Kier alpha value is -2.67. The number of hydrogen-bond donors (Lipinski definition) is 1. The summed E-state index contributed by atoms with van der Waals surface area (Å²) in [4.78, 5) is 41.2. The van der Waals surface area contributed by atoms with Crippen molar-refractivity contribution in [2.75, 3.05) is 40.3 Å². The summed E-state index contributed by atoms with van der Waals surface area (Å²) in [5.41, 5.74) is 1.12. The number of carbonyl (C=O) groups is 3. The minimum atomic E-state index is -0.620. The predicted octanol–water partition coefficient (Wildman–Crippen LogP) is 1.12. The van der Waals surface area contributed by atoms with Gasteiger partial charge < -0.3 is 19.7 Å². The summed E-state index contributed by atoms with van der Waals surface area (Å²) in [6.07, 6.45) is 3.70. The number of hydrogen-bond acceptors (Lipinski definition) is 4. The number of Topliss-reactive ketones (excluding diaryl/α,β-unsaturated/α-hetero) is 1. The maximum atomic E-state index is 12.7. The van der Waals surface area contributed by atoms with Crippen molar-refractivity contribution in [2.45, 2.75) is 19.4 Å². The van der Waals surface area contributed by atoms with Crippen LogP contribution in [0.25, 0.3) is 10.9 Å². The van der Waals surface area contributed by atoms with Crippen LogP contribution in [0.2, 0.25) is 0 Å². The molecule has 0 spiro atoms. The van der Waals surface area contributed by atoms with Gasteiger partial charge in [-0.15, -0.1) is 0 Å². The number of likely N-dealkylation sites (N-methyl/N-ethyl adjacent to an activating group) is 1. The molecule has 1 aliphatic rings. The highest BCUT2D eigenvalue weighted by Gasteiger charge is 2.23. The molecule has 1 saturated heterocycles. The van der Waals surface area contributed by atoms with E-state index in [2.05, 4.69) is 5.32 Å². The molecule has 1 aromatic carbocycles. The van der Waals surface area contributed by atoms with E-state index in [1.165, 1.54) is 0 Å². The van der Waals surface area contributed by atoms with Gasteiger partial charge in [-0.1, -0.05) is 18.2 Å². The first-order valence-corrected chi connectivity index (χ1v) is 9.30. The van der Waals surface area contributed by atoms with E-state index in [9.17, 15) is 14.4 Å². The second kappa shape index (κ2) is 8.35. The van der Waals surface area contributed by atoms with Gasteiger partial charge in [0.15, 0.2) is 0 Å². The lowest BCUT2D eigenvalue weighted by atomic mass is 10.1. The fourth-order valence-electron chi connectivity index (χ4n) is 3.37. The lowest BCUT2D eigenvalue weighted by Crippen LogP contribution is -2.35. The summed E-state index contributed by atoms with van der Waals surface area (Å²) < 4.78 is 1.77. The van der Waals surface area contributed by atoms with E-state index in [-0.39, 0.29) is 12.5 Å². The highest BCUT2D eigenvalue weighted by Crippen LogP contribution is 2.22. The number of carbonyl (C=O) groups excluding carboxylic acids is 3. The van der Waals surface area contributed by atoms with E-state index in [0.717, 1.165) is 31.4 Å². The molecule has 27 heavy (non-hydrogen) atoms. The second-order valence-electron chi connectivity index (χ2n) is 7.16.